The van der Waals surface area contributed by atoms with Gasteiger partial charge < -0.3 is 9.63 Å². The van der Waals surface area contributed by atoms with Gasteiger partial charge in [-0.15, -0.1) is 11.8 Å². The van der Waals surface area contributed by atoms with Gasteiger partial charge in [0.25, 0.3) is 5.89 Å². The number of hydrogen-bond acceptors (Lipinski definition) is 5. The summed E-state index contributed by atoms with van der Waals surface area (Å²) in [5.74, 6) is 1.78. The monoisotopic (exact) mass is 342 g/mol. The number of benzene rings is 1. The second kappa shape index (κ2) is 5.54. The average Bonchev–Trinajstić information content (AvgIpc) is 2.74. The largest absolute Gasteiger partial charge is 0.507 e. The first-order valence-corrected chi connectivity index (χ1v) is 7.58. The molecule has 1 aromatic carbocycles. The van der Waals surface area contributed by atoms with E-state index in [9.17, 15) is 5.11 Å². The van der Waals surface area contributed by atoms with Crippen LogP contribution in [0.15, 0.2) is 27.2 Å². The normalized spacial score (nSPS) is 11.8. The first-order chi connectivity index (χ1) is 8.85. The fraction of sp³-hybridized carbons (Fsp3) is 0.385. The highest BCUT2D eigenvalue weighted by Crippen LogP contribution is 2.31. The molecule has 0 amide bonds. The van der Waals surface area contributed by atoms with Gasteiger partial charge in [-0.2, -0.15) is 4.98 Å². The number of thioether (sulfide) groups is 1. The third kappa shape index (κ3) is 3.98. The molecule has 6 heteroatoms. The highest BCUT2D eigenvalue weighted by molar-refractivity contribution is 9.10. The van der Waals surface area contributed by atoms with Crippen molar-refractivity contribution in [1.82, 2.24) is 10.1 Å². The van der Waals surface area contributed by atoms with Crippen molar-refractivity contribution in [3.8, 4) is 17.2 Å². The minimum Gasteiger partial charge on any atom is -0.507 e. The third-order valence-corrected chi connectivity index (χ3v) is 4.05. The van der Waals surface area contributed by atoms with Crippen LogP contribution in [0, 0.1) is 0 Å². The lowest BCUT2D eigenvalue weighted by molar-refractivity contribution is 0.419. The molecule has 4 nitrogen and oxygen atoms in total. The molecule has 0 saturated heterocycles. The van der Waals surface area contributed by atoms with Crippen molar-refractivity contribution in [1.29, 1.82) is 0 Å². The first-order valence-electron chi connectivity index (χ1n) is 5.80. The molecule has 102 valence electrons. The number of aromatic nitrogens is 2. The van der Waals surface area contributed by atoms with Crippen molar-refractivity contribution in [3.63, 3.8) is 0 Å². The van der Waals surface area contributed by atoms with Gasteiger partial charge in [0.1, 0.15) is 5.75 Å². The van der Waals surface area contributed by atoms with Crippen LogP contribution in [0.1, 0.15) is 26.6 Å². The summed E-state index contributed by atoms with van der Waals surface area (Å²) in [6, 6.07) is 5.17. The standard InChI is InChI=1S/C13H15BrN2O2S/c1-13(2,3)19-7-11-15-12(18-16-11)9-5-4-8(14)6-10(9)17/h4-6,17H,7H2,1-3H3. The molecule has 0 aliphatic rings. The summed E-state index contributed by atoms with van der Waals surface area (Å²) in [6.45, 7) is 6.41. The van der Waals surface area contributed by atoms with Gasteiger partial charge >= 0.3 is 0 Å². The van der Waals surface area contributed by atoms with Gasteiger partial charge in [-0.3, -0.25) is 0 Å². The molecule has 0 fully saturated rings. The van der Waals surface area contributed by atoms with E-state index >= 15 is 0 Å². The van der Waals surface area contributed by atoms with Crippen molar-refractivity contribution in [2.75, 3.05) is 0 Å². The van der Waals surface area contributed by atoms with Crippen molar-refractivity contribution in [3.05, 3.63) is 28.5 Å². The Hall–Kier alpha value is -1.01. The number of halogens is 1. The van der Waals surface area contributed by atoms with Crippen molar-refractivity contribution in [2.24, 2.45) is 0 Å². The molecule has 0 saturated carbocycles. The summed E-state index contributed by atoms with van der Waals surface area (Å²) >= 11 is 5.04. The molecule has 1 aromatic heterocycles. The molecule has 0 aliphatic heterocycles. The van der Waals surface area contributed by atoms with Gasteiger partial charge in [0, 0.05) is 9.22 Å². The van der Waals surface area contributed by atoms with Gasteiger partial charge in [-0.1, -0.05) is 41.9 Å². The zero-order valence-corrected chi connectivity index (χ0v) is 13.4. The number of rotatable bonds is 3. The highest BCUT2D eigenvalue weighted by Gasteiger charge is 2.16. The van der Waals surface area contributed by atoms with Crippen molar-refractivity contribution in [2.45, 2.75) is 31.3 Å². The molecule has 19 heavy (non-hydrogen) atoms. The van der Waals surface area contributed by atoms with E-state index in [2.05, 4.69) is 46.8 Å². The minimum atomic E-state index is 0.119. The Labute approximate surface area is 124 Å². The lowest BCUT2D eigenvalue weighted by Gasteiger charge is -2.15. The maximum Gasteiger partial charge on any atom is 0.261 e. The maximum atomic E-state index is 9.85. The van der Waals surface area contributed by atoms with E-state index in [1.54, 1.807) is 23.9 Å². The van der Waals surface area contributed by atoms with Crippen molar-refractivity contribution >= 4 is 27.7 Å². The molecular weight excluding hydrogens is 328 g/mol. The Bertz CT molecular complexity index is 578. The van der Waals surface area contributed by atoms with E-state index in [-0.39, 0.29) is 10.5 Å². The van der Waals surface area contributed by atoms with Crippen LogP contribution in [0.2, 0.25) is 0 Å². The highest BCUT2D eigenvalue weighted by atomic mass is 79.9. The number of aromatic hydroxyl groups is 1. The second-order valence-electron chi connectivity index (χ2n) is 5.08. The summed E-state index contributed by atoms with van der Waals surface area (Å²) in [5.41, 5.74) is 0.544. The van der Waals surface area contributed by atoms with E-state index in [0.29, 0.717) is 23.0 Å². The summed E-state index contributed by atoms with van der Waals surface area (Å²) in [6.07, 6.45) is 0. The van der Waals surface area contributed by atoms with E-state index in [1.165, 1.54) is 0 Å². The Morgan fingerprint density at radius 1 is 1.37 bits per heavy atom. The molecule has 1 N–H and O–H groups in total. The first kappa shape index (κ1) is 14.4. The van der Waals surface area contributed by atoms with Crippen LogP contribution in [-0.2, 0) is 5.75 Å². The molecule has 1 heterocycles. The molecule has 0 radical (unpaired) electrons. The van der Waals surface area contributed by atoms with Crippen LogP contribution >= 0.6 is 27.7 Å². The Balaban J connectivity index is 2.16. The van der Waals surface area contributed by atoms with Gasteiger partial charge in [-0.05, 0) is 18.2 Å². The van der Waals surface area contributed by atoms with Crippen LogP contribution in [0.25, 0.3) is 11.5 Å². The molecule has 0 unspecified atom stereocenters. The predicted molar refractivity (Wildman–Crippen MR) is 80.1 cm³/mol. The number of phenolic OH excluding ortho intramolecular Hbond substituents is 1. The van der Waals surface area contributed by atoms with Crippen LogP contribution in [0.4, 0.5) is 0 Å². The Kier molecular flexibility index (Phi) is 4.20. The Morgan fingerprint density at radius 2 is 2.11 bits per heavy atom. The molecule has 0 bridgehead atoms. The number of phenols is 1. The second-order valence-corrected chi connectivity index (χ2v) is 7.80. The molecule has 0 atom stereocenters. The van der Waals surface area contributed by atoms with Crippen LogP contribution in [0.5, 0.6) is 5.75 Å². The minimum absolute atomic E-state index is 0.119. The molecule has 2 aromatic rings. The van der Waals surface area contributed by atoms with Crippen LogP contribution in [-0.4, -0.2) is 20.0 Å². The molecule has 0 aliphatic carbocycles. The lowest BCUT2D eigenvalue weighted by atomic mass is 10.2. The van der Waals surface area contributed by atoms with Gasteiger partial charge in [0.15, 0.2) is 5.82 Å². The number of hydrogen-bond donors (Lipinski definition) is 1. The van der Waals surface area contributed by atoms with Gasteiger partial charge in [0.2, 0.25) is 0 Å². The van der Waals surface area contributed by atoms with Gasteiger partial charge in [0.05, 0.1) is 11.3 Å². The van der Waals surface area contributed by atoms with Crippen LogP contribution in [0.3, 0.4) is 0 Å². The topological polar surface area (TPSA) is 59.2 Å². The quantitative estimate of drug-likeness (QED) is 0.903. The zero-order valence-electron chi connectivity index (χ0n) is 11.0. The van der Waals surface area contributed by atoms with Gasteiger partial charge in [-0.25, -0.2) is 0 Å². The fourth-order valence-electron chi connectivity index (χ4n) is 1.39. The number of nitrogens with zero attached hydrogens (tertiary/aromatic N) is 2. The summed E-state index contributed by atoms with van der Waals surface area (Å²) in [5, 5.41) is 13.8. The SMILES string of the molecule is CC(C)(C)SCc1noc(-c2ccc(Br)cc2O)n1. The Morgan fingerprint density at radius 3 is 2.74 bits per heavy atom. The smallest absolute Gasteiger partial charge is 0.261 e. The predicted octanol–water partition coefficient (Wildman–Crippen LogP) is 4.24. The third-order valence-electron chi connectivity index (χ3n) is 2.29. The summed E-state index contributed by atoms with van der Waals surface area (Å²) in [7, 11) is 0. The zero-order chi connectivity index (χ0) is 14.0. The average molecular weight is 343 g/mol. The van der Waals surface area contributed by atoms with E-state index < -0.39 is 0 Å². The molecule has 0 spiro atoms. The fourth-order valence-corrected chi connectivity index (χ4v) is 2.42. The lowest BCUT2D eigenvalue weighted by Crippen LogP contribution is -2.07. The summed E-state index contributed by atoms with van der Waals surface area (Å²) < 4.78 is 6.14. The molecular formula is C13H15BrN2O2S. The maximum absolute atomic E-state index is 9.85. The van der Waals surface area contributed by atoms with E-state index in [0.717, 1.165) is 4.47 Å². The van der Waals surface area contributed by atoms with E-state index in [4.69, 9.17) is 4.52 Å². The van der Waals surface area contributed by atoms with Crippen LogP contribution < -0.4 is 0 Å². The van der Waals surface area contributed by atoms with E-state index in [1.807, 2.05) is 6.07 Å². The molecule has 2 rings (SSSR count). The van der Waals surface area contributed by atoms with Crippen molar-refractivity contribution < 1.29 is 9.63 Å². The summed E-state index contributed by atoms with van der Waals surface area (Å²) in [4.78, 5) is 4.30.